The second kappa shape index (κ2) is 10.3. The Morgan fingerprint density at radius 3 is 2.32 bits per heavy atom. The molecular weight excluding hydrogens is 472 g/mol. The quantitative estimate of drug-likeness (QED) is 0.450. The van der Waals surface area contributed by atoms with Crippen molar-refractivity contribution in [2.45, 2.75) is 53.8 Å². The topological polar surface area (TPSA) is 101 Å². The molecule has 3 aromatic rings. The smallest absolute Gasteiger partial charge is 0.240 e. The monoisotopic (exact) mass is 502 g/mol. The van der Waals surface area contributed by atoms with Crippen LogP contribution in [0.3, 0.4) is 0 Å². The number of anilines is 1. The van der Waals surface area contributed by atoms with E-state index in [0.717, 1.165) is 31.6 Å². The minimum atomic E-state index is -3.86. The Hall–Kier alpha value is -2.69. The normalized spacial score (nSPS) is 14.9. The van der Waals surface area contributed by atoms with Crippen molar-refractivity contribution in [2.24, 2.45) is 0 Å². The molecule has 1 aliphatic rings. The SMILES string of the molecule is Cc1ccc(S(=O)(=O)c2ccc(N3CCCCC3)cc2)cc1S(=O)(=O)NCCCn1ccnc1. The number of sulfone groups is 1. The van der Waals surface area contributed by atoms with Crippen LogP contribution in [-0.2, 0) is 26.4 Å². The highest BCUT2D eigenvalue weighted by atomic mass is 32.2. The van der Waals surface area contributed by atoms with Crippen molar-refractivity contribution in [1.82, 2.24) is 14.3 Å². The lowest BCUT2D eigenvalue weighted by Crippen LogP contribution is -2.29. The highest BCUT2D eigenvalue weighted by Gasteiger charge is 2.23. The summed E-state index contributed by atoms with van der Waals surface area (Å²) in [6.45, 7) is 4.46. The third-order valence-corrected chi connectivity index (χ3v) is 9.44. The molecule has 0 saturated carbocycles. The molecule has 0 bridgehead atoms. The highest BCUT2D eigenvalue weighted by Crippen LogP contribution is 2.28. The van der Waals surface area contributed by atoms with Crippen LogP contribution in [0.15, 0.2) is 75.9 Å². The predicted molar refractivity (Wildman–Crippen MR) is 131 cm³/mol. The third-order valence-electron chi connectivity index (χ3n) is 6.07. The fourth-order valence-corrected chi connectivity index (χ4v) is 6.83. The van der Waals surface area contributed by atoms with E-state index < -0.39 is 19.9 Å². The summed E-state index contributed by atoms with van der Waals surface area (Å²) in [5.74, 6) is 0. The lowest BCUT2D eigenvalue weighted by molar-refractivity contribution is 0.569. The van der Waals surface area contributed by atoms with Gasteiger partial charge in [-0.1, -0.05) is 6.07 Å². The van der Waals surface area contributed by atoms with Crippen LogP contribution in [0.2, 0.25) is 0 Å². The van der Waals surface area contributed by atoms with E-state index in [1.807, 2.05) is 22.9 Å². The average Bonchev–Trinajstić information content (AvgIpc) is 3.36. The number of nitrogens with zero attached hydrogens (tertiary/aromatic N) is 3. The van der Waals surface area contributed by atoms with E-state index >= 15 is 0 Å². The maximum atomic E-state index is 13.3. The first-order valence-electron chi connectivity index (χ1n) is 11.4. The van der Waals surface area contributed by atoms with E-state index in [0.29, 0.717) is 18.5 Å². The van der Waals surface area contributed by atoms with Gasteiger partial charge in [-0.2, -0.15) is 0 Å². The first-order valence-corrected chi connectivity index (χ1v) is 14.4. The summed E-state index contributed by atoms with van der Waals surface area (Å²) in [4.78, 5) is 6.30. The largest absolute Gasteiger partial charge is 0.372 e. The average molecular weight is 503 g/mol. The molecule has 1 N–H and O–H groups in total. The fourth-order valence-electron chi connectivity index (χ4n) is 4.13. The Balaban J connectivity index is 1.50. The summed E-state index contributed by atoms with van der Waals surface area (Å²) < 4.78 is 56.8. The fraction of sp³-hybridized carbons (Fsp3) is 0.375. The lowest BCUT2D eigenvalue weighted by Gasteiger charge is -2.28. The number of piperidine rings is 1. The maximum Gasteiger partial charge on any atom is 0.240 e. The molecule has 0 unspecified atom stereocenters. The molecule has 0 amide bonds. The lowest BCUT2D eigenvalue weighted by atomic mass is 10.1. The van der Waals surface area contributed by atoms with E-state index in [1.54, 1.807) is 31.6 Å². The van der Waals surface area contributed by atoms with Gasteiger partial charge in [0.1, 0.15) is 0 Å². The summed E-state index contributed by atoms with van der Waals surface area (Å²) in [6.07, 6.45) is 9.23. The first kappa shape index (κ1) is 24.4. The van der Waals surface area contributed by atoms with Gasteiger partial charge in [0.2, 0.25) is 19.9 Å². The number of sulfonamides is 1. The van der Waals surface area contributed by atoms with Gasteiger partial charge in [-0.15, -0.1) is 0 Å². The Morgan fingerprint density at radius 1 is 0.941 bits per heavy atom. The van der Waals surface area contributed by atoms with E-state index in [4.69, 9.17) is 0 Å². The van der Waals surface area contributed by atoms with Crippen LogP contribution in [0, 0.1) is 6.92 Å². The number of benzene rings is 2. The van der Waals surface area contributed by atoms with Crippen molar-refractivity contribution in [3.05, 3.63) is 66.7 Å². The number of aryl methyl sites for hydroxylation is 2. The Kier molecular flexibility index (Phi) is 7.39. The summed E-state index contributed by atoms with van der Waals surface area (Å²) in [6, 6.07) is 11.1. The van der Waals surface area contributed by atoms with Crippen LogP contribution < -0.4 is 9.62 Å². The number of rotatable bonds is 9. The number of nitrogens with one attached hydrogen (secondary N) is 1. The summed E-state index contributed by atoms with van der Waals surface area (Å²) in [5.41, 5.74) is 1.49. The molecule has 0 aliphatic carbocycles. The minimum Gasteiger partial charge on any atom is -0.372 e. The van der Waals surface area contributed by atoms with Crippen LogP contribution in [0.1, 0.15) is 31.2 Å². The summed E-state index contributed by atoms with van der Waals surface area (Å²) in [5, 5.41) is 0. The Labute approximate surface area is 201 Å². The van der Waals surface area contributed by atoms with E-state index in [2.05, 4.69) is 14.6 Å². The van der Waals surface area contributed by atoms with Crippen LogP contribution >= 0.6 is 0 Å². The van der Waals surface area contributed by atoms with Crippen LogP contribution in [0.5, 0.6) is 0 Å². The molecule has 1 fully saturated rings. The van der Waals surface area contributed by atoms with Crippen molar-refractivity contribution in [3.8, 4) is 0 Å². The predicted octanol–water partition coefficient (Wildman–Crippen LogP) is 3.38. The highest BCUT2D eigenvalue weighted by molar-refractivity contribution is 7.91. The second-order valence-corrected chi connectivity index (χ2v) is 12.2. The van der Waals surface area contributed by atoms with Gasteiger partial charge in [0, 0.05) is 44.3 Å². The molecule has 34 heavy (non-hydrogen) atoms. The van der Waals surface area contributed by atoms with Gasteiger partial charge in [0.25, 0.3) is 0 Å². The van der Waals surface area contributed by atoms with Gasteiger partial charge in [0.05, 0.1) is 21.0 Å². The van der Waals surface area contributed by atoms with Crippen LogP contribution in [0.4, 0.5) is 5.69 Å². The maximum absolute atomic E-state index is 13.3. The van der Waals surface area contributed by atoms with Crippen molar-refractivity contribution >= 4 is 25.5 Å². The number of hydrogen-bond donors (Lipinski definition) is 1. The molecule has 182 valence electrons. The molecule has 4 rings (SSSR count). The molecule has 0 atom stereocenters. The number of hydrogen-bond acceptors (Lipinski definition) is 6. The van der Waals surface area contributed by atoms with Gasteiger partial charge in [0.15, 0.2) is 0 Å². The molecule has 8 nitrogen and oxygen atoms in total. The van der Waals surface area contributed by atoms with Crippen molar-refractivity contribution < 1.29 is 16.8 Å². The number of imidazole rings is 1. The molecule has 0 spiro atoms. The minimum absolute atomic E-state index is 0.0267. The standard InChI is InChI=1S/C24H30N4O4S2/c1-20-6-9-23(18-24(20)34(31,32)26-12-5-14-27-17-13-25-19-27)33(29,30)22-10-7-21(8-11-22)28-15-3-2-4-16-28/h6-11,13,17-19,26H,2-5,12,14-16H2,1H3. The van der Waals surface area contributed by atoms with Crippen LogP contribution in [0.25, 0.3) is 0 Å². The van der Waals surface area contributed by atoms with Crippen molar-refractivity contribution in [1.29, 1.82) is 0 Å². The molecule has 0 radical (unpaired) electrons. The second-order valence-electron chi connectivity index (χ2n) is 8.52. The van der Waals surface area contributed by atoms with E-state index in [-0.39, 0.29) is 21.2 Å². The third kappa shape index (κ3) is 5.51. The van der Waals surface area contributed by atoms with Crippen molar-refractivity contribution in [2.75, 3.05) is 24.5 Å². The molecule has 1 aliphatic heterocycles. The van der Waals surface area contributed by atoms with Gasteiger partial charge in [-0.25, -0.2) is 26.5 Å². The van der Waals surface area contributed by atoms with Gasteiger partial charge < -0.3 is 9.47 Å². The van der Waals surface area contributed by atoms with Gasteiger partial charge in [-0.05, 0) is 74.6 Å². The van der Waals surface area contributed by atoms with E-state index in [1.165, 1.54) is 24.6 Å². The Morgan fingerprint density at radius 2 is 1.65 bits per heavy atom. The molecular formula is C24H30N4O4S2. The zero-order valence-corrected chi connectivity index (χ0v) is 20.9. The van der Waals surface area contributed by atoms with E-state index in [9.17, 15) is 16.8 Å². The van der Waals surface area contributed by atoms with Gasteiger partial charge in [-0.3, -0.25) is 0 Å². The number of aromatic nitrogens is 2. The molecule has 10 heteroatoms. The zero-order valence-electron chi connectivity index (χ0n) is 19.2. The summed E-state index contributed by atoms with van der Waals surface area (Å²) >= 11 is 0. The molecule has 1 aromatic heterocycles. The van der Waals surface area contributed by atoms with Crippen LogP contribution in [-0.4, -0.2) is 46.0 Å². The van der Waals surface area contributed by atoms with Gasteiger partial charge >= 0.3 is 0 Å². The molecule has 1 saturated heterocycles. The first-order chi connectivity index (χ1) is 16.3. The molecule has 2 heterocycles. The summed E-state index contributed by atoms with van der Waals surface area (Å²) in [7, 11) is -7.73. The zero-order chi connectivity index (χ0) is 24.2. The molecule has 2 aromatic carbocycles. The Bertz CT molecular complexity index is 1310. The van der Waals surface area contributed by atoms with Crippen molar-refractivity contribution in [3.63, 3.8) is 0 Å².